The Labute approximate surface area is 276 Å². The van der Waals surface area contributed by atoms with Crippen LogP contribution in [-0.2, 0) is 5.41 Å². The molecule has 0 bridgehead atoms. The maximum Gasteiger partial charge on any atom is 0.0159 e. The molecule has 0 amide bonds. The molecule has 0 atom stereocenters. The van der Waals surface area contributed by atoms with Crippen LogP contribution >= 0.6 is 0 Å². The molecule has 0 saturated carbocycles. The highest BCUT2D eigenvalue weighted by molar-refractivity contribution is 6.22. The average molecular weight is 599 g/mol. The van der Waals surface area contributed by atoms with E-state index in [4.69, 9.17) is 0 Å². The first-order valence-electron chi connectivity index (χ1n) is 16.5. The Morgan fingerprint density at radius 2 is 0.745 bits per heavy atom. The summed E-state index contributed by atoms with van der Waals surface area (Å²) in [6.07, 6.45) is 0. The summed E-state index contributed by atoms with van der Waals surface area (Å²) >= 11 is 0. The highest BCUT2D eigenvalue weighted by Crippen LogP contribution is 2.50. The molecule has 0 radical (unpaired) electrons. The molecule has 8 aromatic carbocycles. The fourth-order valence-corrected chi connectivity index (χ4v) is 7.93. The molecule has 0 spiro atoms. The van der Waals surface area contributed by atoms with Crippen LogP contribution in [0.2, 0.25) is 0 Å². The predicted molar refractivity (Wildman–Crippen MR) is 201 cm³/mol. The molecule has 0 heterocycles. The maximum atomic E-state index is 2.43. The molecule has 8 aromatic rings. The summed E-state index contributed by atoms with van der Waals surface area (Å²) in [6.45, 7) is 4.72. The molecule has 0 N–H and O–H groups in total. The van der Waals surface area contributed by atoms with E-state index in [-0.39, 0.29) is 5.41 Å². The third-order valence-corrected chi connectivity index (χ3v) is 10.3. The van der Waals surface area contributed by atoms with E-state index in [1.54, 1.807) is 0 Å². The quantitative estimate of drug-likeness (QED) is 0.177. The lowest BCUT2D eigenvalue weighted by Gasteiger charge is -2.22. The molecule has 0 aromatic heterocycles. The van der Waals surface area contributed by atoms with Gasteiger partial charge in [-0.1, -0.05) is 172 Å². The number of benzene rings is 8. The van der Waals surface area contributed by atoms with Crippen molar-refractivity contribution in [3.63, 3.8) is 0 Å². The third kappa shape index (κ3) is 4.37. The summed E-state index contributed by atoms with van der Waals surface area (Å²) in [5.74, 6) is 0. The van der Waals surface area contributed by atoms with Crippen molar-refractivity contribution in [3.05, 3.63) is 181 Å². The largest absolute Gasteiger partial charge is 0.0622 e. The van der Waals surface area contributed by atoms with Gasteiger partial charge in [-0.15, -0.1) is 0 Å². The average Bonchev–Trinajstić information content (AvgIpc) is 3.36. The van der Waals surface area contributed by atoms with Crippen LogP contribution in [0.15, 0.2) is 170 Å². The highest BCUT2D eigenvalue weighted by Gasteiger charge is 2.35. The van der Waals surface area contributed by atoms with Crippen LogP contribution in [0.1, 0.15) is 25.0 Å². The smallest absolute Gasteiger partial charge is 0.0159 e. The van der Waals surface area contributed by atoms with Crippen molar-refractivity contribution in [2.75, 3.05) is 0 Å². The van der Waals surface area contributed by atoms with Crippen molar-refractivity contribution < 1.29 is 0 Å². The number of fused-ring (bicyclic) bond motifs is 5. The van der Waals surface area contributed by atoms with Crippen molar-refractivity contribution in [2.24, 2.45) is 0 Å². The second-order valence-electron chi connectivity index (χ2n) is 13.3. The van der Waals surface area contributed by atoms with Crippen LogP contribution in [0, 0.1) is 0 Å². The minimum Gasteiger partial charge on any atom is -0.0622 e. The van der Waals surface area contributed by atoms with Crippen LogP contribution in [0.25, 0.3) is 77.2 Å². The summed E-state index contributed by atoms with van der Waals surface area (Å²) in [5.41, 5.74) is 15.5. The van der Waals surface area contributed by atoms with Gasteiger partial charge in [0.05, 0.1) is 0 Å². The van der Waals surface area contributed by atoms with Crippen LogP contribution in [-0.4, -0.2) is 0 Å². The van der Waals surface area contributed by atoms with Crippen LogP contribution in [0.5, 0.6) is 0 Å². The van der Waals surface area contributed by atoms with Crippen molar-refractivity contribution in [2.45, 2.75) is 19.3 Å². The fourth-order valence-electron chi connectivity index (χ4n) is 7.93. The maximum absolute atomic E-state index is 2.43. The minimum atomic E-state index is -0.0384. The lowest BCUT2D eigenvalue weighted by atomic mass is 9.81. The van der Waals surface area contributed by atoms with E-state index in [1.165, 1.54) is 88.3 Å². The van der Waals surface area contributed by atoms with Crippen LogP contribution in [0.3, 0.4) is 0 Å². The summed E-state index contributed by atoms with van der Waals surface area (Å²) in [7, 11) is 0. The summed E-state index contributed by atoms with van der Waals surface area (Å²) in [6, 6.07) is 62.6. The highest BCUT2D eigenvalue weighted by atomic mass is 14.4. The molecule has 0 nitrogen and oxygen atoms in total. The lowest BCUT2D eigenvalue weighted by Crippen LogP contribution is -2.14. The molecule has 47 heavy (non-hydrogen) atoms. The Hall–Kier alpha value is -5.72. The van der Waals surface area contributed by atoms with Gasteiger partial charge in [0.15, 0.2) is 0 Å². The van der Waals surface area contributed by atoms with Crippen molar-refractivity contribution in [1.29, 1.82) is 0 Å². The molecule has 0 saturated heterocycles. The molecule has 9 rings (SSSR count). The second kappa shape index (κ2) is 10.7. The molecule has 1 aliphatic rings. The first kappa shape index (κ1) is 27.6. The molecular weight excluding hydrogens is 565 g/mol. The Kier molecular flexibility index (Phi) is 6.27. The van der Waals surface area contributed by atoms with Crippen molar-refractivity contribution >= 4 is 21.5 Å². The minimum absolute atomic E-state index is 0.0384. The first-order valence-corrected chi connectivity index (χ1v) is 16.5. The van der Waals surface area contributed by atoms with Gasteiger partial charge in [0.2, 0.25) is 0 Å². The van der Waals surface area contributed by atoms with Crippen LogP contribution in [0.4, 0.5) is 0 Å². The number of rotatable bonds is 4. The van der Waals surface area contributed by atoms with Gasteiger partial charge in [0.1, 0.15) is 0 Å². The Bertz CT molecular complexity index is 2450. The summed E-state index contributed by atoms with van der Waals surface area (Å²) < 4.78 is 0. The molecular formula is C47H34. The normalized spacial score (nSPS) is 13.1. The van der Waals surface area contributed by atoms with Gasteiger partial charge in [0.25, 0.3) is 0 Å². The van der Waals surface area contributed by atoms with Crippen LogP contribution < -0.4 is 0 Å². The van der Waals surface area contributed by atoms with E-state index in [1.807, 2.05) is 0 Å². The molecule has 0 aliphatic heterocycles. The van der Waals surface area contributed by atoms with E-state index >= 15 is 0 Å². The molecule has 0 fully saturated rings. The zero-order valence-corrected chi connectivity index (χ0v) is 26.7. The fraction of sp³-hybridized carbons (Fsp3) is 0.0638. The summed E-state index contributed by atoms with van der Waals surface area (Å²) in [4.78, 5) is 0. The molecule has 1 aliphatic carbocycles. The van der Waals surface area contributed by atoms with Crippen molar-refractivity contribution in [3.8, 4) is 55.6 Å². The van der Waals surface area contributed by atoms with Gasteiger partial charge in [0, 0.05) is 5.41 Å². The van der Waals surface area contributed by atoms with Gasteiger partial charge in [-0.3, -0.25) is 0 Å². The Morgan fingerprint density at radius 1 is 0.298 bits per heavy atom. The second-order valence-corrected chi connectivity index (χ2v) is 13.3. The summed E-state index contributed by atoms with van der Waals surface area (Å²) in [5, 5.41) is 5.09. The van der Waals surface area contributed by atoms with E-state index in [0.29, 0.717) is 0 Å². The van der Waals surface area contributed by atoms with E-state index < -0.39 is 0 Å². The van der Waals surface area contributed by atoms with Gasteiger partial charge in [-0.05, 0) is 100 Å². The lowest BCUT2D eigenvalue weighted by molar-refractivity contribution is 0.660. The van der Waals surface area contributed by atoms with E-state index in [2.05, 4.69) is 184 Å². The number of hydrogen-bond donors (Lipinski definition) is 0. The SMILES string of the molecule is CC1(C)c2ccccc2-c2ccc(-c3ccc4c(-c5ccc(-c6ccccc6)cc5)c5ccccc5c(-c5ccccc5)c4c3)cc21. The molecule has 0 unspecified atom stereocenters. The topological polar surface area (TPSA) is 0 Å². The monoisotopic (exact) mass is 598 g/mol. The Balaban J connectivity index is 1.28. The Morgan fingerprint density at radius 3 is 1.47 bits per heavy atom. The van der Waals surface area contributed by atoms with E-state index in [9.17, 15) is 0 Å². The standard InChI is InChI=1S/C47H34/c1-47(2)43-20-12-11-17-37(43)38-27-25-36(30-44(38)47)35-26-28-41-42(29-35)46(33-15-7-4-8-16-33)40-19-10-9-18-39(40)45(41)34-23-21-32(22-24-34)31-13-5-3-6-14-31/h3-30H,1-2H3. The first-order chi connectivity index (χ1) is 23.1. The van der Waals surface area contributed by atoms with Crippen molar-refractivity contribution in [1.82, 2.24) is 0 Å². The predicted octanol–water partition coefficient (Wildman–Crippen LogP) is 13.0. The zero-order valence-electron chi connectivity index (χ0n) is 26.7. The zero-order chi connectivity index (χ0) is 31.5. The third-order valence-electron chi connectivity index (χ3n) is 10.3. The van der Waals surface area contributed by atoms with Gasteiger partial charge >= 0.3 is 0 Å². The van der Waals surface area contributed by atoms with Gasteiger partial charge in [-0.25, -0.2) is 0 Å². The molecule has 0 heteroatoms. The molecule has 222 valence electrons. The van der Waals surface area contributed by atoms with Gasteiger partial charge < -0.3 is 0 Å². The number of hydrogen-bond acceptors (Lipinski definition) is 0. The van der Waals surface area contributed by atoms with E-state index in [0.717, 1.165) is 0 Å². The van der Waals surface area contributed by atoms with Gasteiger partial charge in [-0.2, -0.15) is 0 Å².